The van der Waals surface area contributed by atoms with Crippen molar-refractivity contribution in [3.63, 3.8) is 0 Å². The summed E-state index contributed by atoms with van der Waals surface area (Å²) in [7, 11) is 0. The third-order valence-electron chi connectivity index (χ3n) is 6.10. The molecule has 0 atom stereocenters. The minimum atomic E-state index is -0.171. The normalized spacial score (nSPS) is 14.6. The second-order valence-electron chi connectivity index (χ2n) is 7.91. The minimum Gasteiger partial charge on any atom is -0.260 e. The summed E-state index contributed by atoms with van der Waals surface area (Å²) in [6.07, 6.45) is 3.83. The highest BCUT2D eigenvalue weighted by molar-refractivity contribution is 6.20. The Balaban J connectivity index is 1.91. The molecule has 0 saturated heterocycles. The summed E-state index contributed by atoms with van der Waals surface area (Å²) in [5, 5.41) is 7.72. The molecule has 0 bridgehead atoms. The molecule has 3 aromatic carbocycles. The third kappa shape index (κ3) is 1.80. The van der Waals surface area contributed by atoms with Gasteiger partial charge in [-0.25, -0.2) is 0 Å². The van der Waals surface area contributed by atoms with Crippen LogP contribution in [0.2, 0.25) is 0 Å². The lowest BCUT2D eigenvalue weighted by molar-refractivity contribution is 0.621. The van der Waals surface area contributed by atoms with Crippen LogP contribution in [0.3, 0.4) is 0 Å². The molecule has 0 spiro atoms. The van der Waals surface area contributed by atoms with E-state index in [2.05, 4.69) is 68.4 Å². The molecule has 6 rings (SSSR count). The van der Waals surface area contributed by atoms with Crippen LogP contribution in [0, 0.1) is 0 Å². The van der Waals surface area contributed by atoms with Gasteiger partial charge in [0.15, 0.2) is 0 Å². The van der Waals surface area contributed by atoms with Crippen molar-refractivity contribution in [3.8, 4) is 11.3 Å². The molecule has 128 valence electrons. The van der Waals surface area contributed by atoms with Crippen LogP contribution >= 0.6 is 0 Å². The highest BCUT2D eigenvalue weighted by Gasteiger charge is 2.35. The van der Waals surface area contributed by atoms with Crippen molar-refractivity contribution in [2.45, 2.75) is 19.3 Å². The summed E-state index contributed by atoms with van der Waals surface area (Å²) in [5.74, 6) is 0. The van der Waals surface area contributed by atoms with Gasteiger partial charge in [-0.3, -0.25) is 9.97 Å². The first-order chi connectivity index (χ1) is 13.2. The quantitative estimate of drug-likeness (QED) is 0.310. The van der Waals surface area contributed by atoms with E-state index in [4.69, 9.17) is 9.97 Å². The second kappa shape index (κ2) is 4.92. The monoisotopic (exact) mass is 346 g/mol. The lowest BCUT2D eigenvalue weighted by Gasteiger charge is -2.33. The Labute approximate surface area is 157 Å². The standard InChI is InChI=1S/C25H18N2/c1-25(2)21-14-20-16-7-4-3-6-15(16)9-10-17(20)18-11-13-26-23(22(18)21)19-8-5-12-27-24(19)25/h3-14H,1-2H3. The van der Waals surface area contributed by atoms with Gasteiger partial charge in [0.1, 0.15) is 0 Å². The molecule has 0 aliphatic heterocycles. The maximum absolute atomic E-state index is 4.77. The molecule has 0 N–H and O–H groups in total. The molecule has 0 unspecified atom stereocenters. The first-order valence-corrected chi connectivity index (χ1v) is 9.36. The molecule has 1 aliphatic rings. The van der Waals surface area contributed by atoms with Crippen LogP contribution in [0.15, 0.2) is 73.1 Å². The number of rotatable bonds is 0. The van der Waals surface area contributed by atoms with E-state index in [1.54, 1.807) is 0 Å². The van der Waals surface area contributed by atoms with E-state index in [0.717, 1.165) is 17.0 Å². The summed E-state index contributed by atoms with van der Waals surface area (Å²) in [4.78, 5) is 9.53. The lowest BCUT2D eigenvalue weighted by atomic mass is 9.71. The number of fused-ring (bicyclic) bond motifs is 6. The summed E-state index contributed by atoms with van der Waals surface area (Å²) >= 11 is 0. The molecule has 0 amide bonds. The van der Waals surface area contributed by atoms with E-state index in [1.807, 2.05) is 18.5 Å². The molecule has 1 aliphatic carbocycles. The van der Waals surface area contributed by atoms with Gasteiger partial charge in [0.25, 0.3) is 0 Å². The van der Waals surface area contributed by atoms with Crippen LogP contribution in [-0.4, -0.2) is 9.97 Å². The van der Waals surface area contributed by atoms with Crippen molar-refractivity contribution in [1.82, 2.24) is 9.97 Å². The van der Waals surface area contributed by atoms with E-state index in [0.29, 0.717) is 0 Å². The van der Waals surface area contributed by atoms with Gasteiger partial charge in [0, 0.05) is 28.8 Å². The van der Waals surface area contributed by atoms with Gasteiger partial charge in [-0.2, -0.15) is 0 Å². The zero-order chi connectivity index (χ0) is 18.2. The Kier molecular flexibility index (Phi) is 2.71. The van der Waals surface area contributed by atoms with Crippen molar-refractivity contribution in [1.29, 1.82) is 0 Å². The Morgan fingerprint density at radius 1 is 0.704 bits per heavy atom. The lowest BCUT2D eigenvalue weighted by Crippen LogP contribution is -2.25. The maximum Gasteiger partial charge on any atom is 0.0802 e. The van der Waals surface area contributed by atoms with Crippen LogP contribution in [0.1, 0.15) is 25.1 Å². The van der Waals surface area contributed by atoms with Gasteiger partial charge in [0.05, 0.1) is 11.4 Å². The molecule has 5 aromatic rings. The number of pyridine rings is 2. The van der Waals surface area contributed by atoms with Gasteiger partial charge in [-0.05, 0) is 56.8 Å². The molecule has 2 aromatic heterocycles. The molecule has 2 heterocycles. The maximum atomic E-state index is 4.77. The first kappa shape index (κ1) is 14.9. The fourth-order valence-corrected chi connectivity index (χ4v) is 4.78. The Hall–Kier alpha value is -3.26. The molecule has 0 radical (unpaired) electrons. The molecule has 2 nitrogen and oxygen atoms in total. The highest BCUT2D eigenvalue weighted by Crippen LogP contribution is 2.49. The molecule has 0 fully saturated rings. The Morgan fingerprint density at radius 2 is 1.59 bits per heavy atom. The number of benzene rings is 3. The Bertz CT molecular complexity index is 1400. The van der Waals surface area contributed by atoms with Crippen LogP contribution in [-0.2, 0) is 5.41 Å². The number of hydrogen-bond acceptors (Lipinski definition) is 2. The van der Waals surface area contributed by atoms with Gasteiger partial charge in [-0.1, -0.05) is 50.2 Å². The molecular formula is C25H18N2. The van der Waals surface area contributed by atoms with Crippen molar-refractivity contribution < 1.29 is 0 Å². The smallest absolute Gasteiger partial charge is 0.0802 e. The van der Waals surface area contributed by atoms with Crippen LogP contribution in [0.25, 0.3) is 43.6 Å². The van der Waals surface area contributed by atoms with E-state index >= 15 is 0 Å². The number of nitrogens with zero attached hydrogens (tertiary/aromatic N) is 2. The summed E-state index contributed by atoms with van der Waals surface area (Å²) in [6.45, 7) is 4.56. The molecule has 2 heteroatoms. The van der Waals surface area contributed by atoms with Gasteiger partial charge < -0.3 is 0 Å². The van der Waals surface area contributed by atoms with Crippen molar-refractivity contribution in [2.75, 3.05) is 0 Å². The second-order valence-corrected chi connectivity index (χ2v) is 7.91. The van der Waals surface area contributed by atoms with E-state index < -0.39 is 0 Å². The van der Waals surface area contributed by atoms with Gasteiger partial charge in [0.2, 0.25) is 0 Å². The SMILES string of the molecule is CC1(C)c2ncccc2-c2nccc3c2c1cc1c2ccccc2ccc31. The largest absolute Gasteiger partial charge is 0.260 e. The summed E-state index contributed by atoms with van der Waals surface area (Å²) < 4.78 is 0. The molecule has 0 saturated carbocycles. The van der Waals surface area contributed by atoms with Crippen LogP contribution in [0.4, 0.5) is 0 Å². The number of aromatic nitrogens is 2. The highest BCUT2D eigenvalue weighted by atomic mass is 14.8. The van der Waals surface area contributed by atoms with Gasteiger partial charge in [-0.15, -0.1) is 0 Å². The molecule has 27 heavy (non-hydrogen) atoms. The third-order valence-corrected chi connectivity index (χ3v) is 6.10. The predicted molar refractivity (Wildman–Crippen MR) is 112 cm³/mol. The van der Waals surface area contributed by atoms with E-state index in [-0.39, 0.29) is 5.41 Å². The van der Waals surface area contributed by atoms with Crippen molar-refractivity contribution in [3.05, 3.63) is 84.3 Å². The Morgan fingerprint density at radius 3 is 2.52 bits per heavy atom. The summed E-state index contributed by atoms with van der Waals surface area (Å²) in [5.41, 5.74) is 4.46. The summed E-state index contributed by atoms with van der Waals surface area (Å²) in [6, 6.07) is 21.8. The van der Waals surface area contributed by atoms with Crippen LogP contribution in [0.5, 0.6) is 0 Å². The average Bonchev–Trinajstić information content (AvgIpc) is 2.71. The minimum absolute atomic E-state index is 0.171. The zero-order valence-electron chi connectivity index (χ0n) is 15.3. The van der Waals surface area contributed by atoms with E-state index in [1.165, 1.54) is 37.9 Å². The first-order valence-electron chi connectivity index (χ1n) is 9.36. The predicted octanol–water partition coefficient (Wildman–Crippen LogP) is 6.24. The zero-order valence-corrected chi connectivity index (χ0v) is 15.3. The topological polar surface area (TPSA) is 25.8 Å². The number of hydrogen-bond donors (Lipinski definition) is 0. The fraction of sp³-hybridized carbons (Fsp3) is 0.120. The average molecular weight is 346 g/mol. The van der Waals surface area contributed by atoms with Crippen LogP contribution < -0.4 is 0 Å². The van der Waals surface area contributed by atoms with Crippen molar-refractivity contribution in [2.24, 2.45) is 0 Å². The fourth-order valence-electron chi connectivity index (χ4n) is 4.78. The van der Waals surface area contributed by atoms with Crippen molar-refractivity contribution >= 4 is 32.3 Å². The molecular weight excluding hydrogens is 328 g/mol. The van der Waals surface area contributed by atoms with Gasteiger partial charge >= 0.3 is 0 Å². The van der Waals surface area contributed by atoms with E-state index in [9.17, 15) is 0 Å².